The SMILES string of the molecule is CC(C)(C)c1ccc(C(C)(C)OC(C)(C)C2CCC(C(C)(C)C)CC2)cc1. The molecule has 1 saturated carbocycles. The summed E-state index contributed by atoms with van der Waals surface area (Å²) < 4.78 is 6.80. The van der Waals surface area contributed by atoms with Crippen LogP contribution in [0.25, 0.3) is 0 Å². The van der Waals surface area contributed by atoms with Gasteiger partial charge in [-0.2, -0.15) is 0 Å². The molecule has 27 heavy (non-hydrogen) atoms. The Balaban J connectivity index is 2.07. The predicted octanol–water partition coefficient (Wildman–Crippen LogP) is 7.87. The Labute approximate surface area is 169 Å². The minimum Gasteiger partial charge on any atom is -0.365 e. The summed E-state index contributed by atoms with van der Waals surface area (Å²) in [6.07, 6.45) is 5.24. The first-order chi connectivity index (χ1) is 12.1. The molecule has 1 aromatic rings. The van der Waals surface area contributed by atoms with Gasteiger partial charge in [0, 0.05) is 0 Å². The molecule has 0 saturated heterocycles. The highest BCUT2D eigenvalue weighted by molar-refractivity contribution is 5.30. The van der Waals surface area contributed by atoms with Gasteiger partial charge in [0.1, 0.15) is 0 Å². The van der Waals surface area contributed by atoms with Crippen LogP contribution < -0.4 is 0 Å². The van der Waals surface area contributed by atoms with E-state index in [0.29, 0.717) is 11.3 Å². The molecule has 0 spiro atoms. The van der Waals surface area contributed by atoms with Crippen LogP contribution in [0.1, 0.15) is 106 Å². The molecule has 0 heterocycles. The van der Waals surface area contributed by atoms with Crippen molar-refractivity contribution in [3.8, 4) is 0 Å². The van der Waals surface area contributed by atoms with Crippen LogP contribution in [-0.4, -0.2) is 5.60 Å². The Morgan fingerprint density at radius 1 is 0.630 bits per heavy atom. The molecule has 1 aromatic carbocycles. The summed E-state index contributed by atoms with van der Waals surface area (Å²) in [6.45, 7) is 23.0. The molecule has 1 heteroatoms. The largest absolute Gasteiger partial charge is 0.365 e. The number of ether oxygens (including phenoxy) is 1. The minimum atomic E-state index is -0.277. The van der Waals surface area contributed by atoms with E-state index in [1.807, 2.05) is 0 Å². The molecule has 154 valence electrons. The van der Waals surface area contributed by atoms with Gasteiger partial charge in [0.15, 0.2) is 0 Å². The van der Waals surface area contributed by atoms with Crippen molar-refractivity contribution in [1.82, 2.24) is 0 Å². The Morgan fingerprint density at radius 3 is 1.44 bits per heavy atom. The maximum absolute atomic E-state index is 6.80. The Kier molecular flexibility index (Phi) is 6.28. The zero-order chi connectivity index (χ0) is 20.7. The molecule has 0 aliphatic heterocycles. The first-order valence-corrected chi connectivity index (χ1v) is 10.9. The normalized spacial score (nSPS) is 22.7. The Hall–Kier alpha value is -0.820. The fourth-order valence-corrected chi connectivity index (χ4v) is 4.83. The second-order valence-corrected chi connectivity index (χ2v) is 12.0. The highest BCUT2D eigenvalue weighted by Crippen LogP contribution is 2.45. The standard InChI is InChI=1S/C26H44O/c1-23(2,3)19-11-15-21(16-12-19)25(7,8)27-26(9,10)22-17-13-20(14-18-22)24(4,5)6/h11-12,15-16,20,22H,13-14,17-18H2,1-10H3. The molecular formula is C26H44O. The number of rotatable bonds is 4. The van der Waals surface area contributed by atoms with Gasteiger partial charge in [-0.25, -0.2) is 0 Å². The fourth-order valence-electron chi connectivity index (χ4n) is 4.83. The van der Waals surface area contributed by atoms with Gasteiger partial charge in [-0.3, -0.25) is 0 Å². The summed E-state index contributed by atoms with van der Waals surface area (Å²) in [7, 11) is 0. The molecule has 0 radical (unpaired) electrons. The topological polar surface area (TPSA) is 9.23 Å². The molecule has 1 fully saturated rings. The van der Waals surface area contributed by atoms with Crippen molar-refractivity contribution >= 4 is 0 Å². The van der Waals surface area contributed by atoms with Crippen LogP contribution in [0.3, 0.4) is 0 Å². The van der Waals surface area contributed by atoms with Gasteiger partial charge in [0.25, 0.3) is 0 Å². The lowest BCUT2D eigenvalue weighted by Crippen LogP contribution is -2.43. The quantitative estimate of drug-likeness (QED) is 0.522. The molecule has 2 rings (SSSR count). The Morgan fingerprint density at radius 2 is 1.04 bits per heavy atom. The van der Waals surface area contributed by atoms with E-state index in [2.05, 4.69) is 93.5 Å². The maximum Gasteiger partial charge on any atom is 0.0882 e. The molecule has 1 nitrogen and oxygen atoms in total. The van der Waals surface area contributed by atoms with Gasteiger partial charge in [0.05, 0.1) is 11.2 Å². The molecule has 1 aliphatic carbocycles. The smallest absolute Gasteiger partial charge is 0.0882 e. The number of hydrogen-bond donors (Lipinski definition) is 0. The van der Waals surface area contributed by atoms with E-state index in [1.54, 1.807) is 0 Å². The zero-order valence-electron chi connectivity index (χ0n) is 19.7. The van der Waals surface area contributed by atoms with Crippen LogP contribution in [0, 0.1) is 17.3 Å². The van der Waals surface area contributed by atoms with Crippen LogP contribution in [0.4, 0.5) is 0 Å². The van der Waals surface area contributed by atoms with Crippen molar-refractivity contribution in [2.45, 2.75) is 112 Å². The van der Waals surface area contributed by atoms with Crippen molar-refractivity contribution in [1.29, 1.82) is 0 Å². The van der Waals surface area contributed by atoms with Crippen molar-refractivity contribution in [3.05, 3.63) is 35.4 Å². The van der Waals surface area contributed by atoms with Crippen molar-refractivity contribution in [2.75, 3.05) is 0 Å². The van der Waals surface area contributed by atoms with E-state index < -0.39 is 0 Å². The molecule has 0 N–H and O–H groups in total. The maximum atomic E-state index is 6.80. The van der Waals surface area contributed by atoms with Crippen molar-refractivity contribution in [3.63, 3.8) is 0 Å². The number of benzene rings is 1. The van der Waals surface area contributed by atoms with Crippen LogP contribution in [0.2, 0.25) is 0 Å². The van der Waals surface area contributed by atoms with E-state index in [1.165, 1.54) is 36.8 Å². The lowest BCUT2D eigenvalue weighted by molar-refractivity contribution is -0.162. The van der Waals surface area contributed by atoms with Gasteiger partial charge >= 0.3 is 0 Å². The van der Waals surface area contributed by atoms with Crippen LogP contribution >= 0.6 is 0 Å². The third kappa shape index (κ3) is 5.59. The van der Waals surface area contributed by atoms with Crippen molar-refractivity contribution < 1.29 is 4.74 Å². The molecule has 0 aromatic heterocycles. The summed E-state index contributed by atoms with van der Waals surface area (Å²) in [5.74, 6) is 1.49. The van der Waals surface area contributed by atoms with E-state index in [9.17, 15) is 0 Å². The summed E-state index contributed by atoms with van der Waals surface area (Å²) in [5.41, 5.74) is 2.89. The fraction of sp³-hybridized carbons (Fsp3) is 0.769. The zero-order valence-corrected chi connectivity index (χ0v) is 19.7. The first kappa shape index (κ1) is 22.5. The summed E-state index contributed by atoms with van der Waals surface area (Å²) in [4.78, 5) is 0. The Bertz CT molecular complexity index is 599. The highest BCUT2D eigenvalue weighted by atomic mass is 16.5. The predicted molar refractivity (Wildman–Crippen MR) is 118 cm³/mol. The van der Waals surface area contributed by atoms with Gasteiger partial charge < -0.3 is 4.74 Å². The van der Waals surface area contributed by atoms with Gasteiger partial charge in [0.2, 0.25) is 0 Å². The van der Waals surface area contributed by atoms with Gasteiger partial charge in [-0.15, -0.1) is 0 Å². The van der Waals surface area contributed by atoms with Crippen LogP contribution in [0.5, 0.6) is 0 Å². The third-order valence-electron chi connectivity index (χ3n) is 6.90. The molecular weight excluding hydrogens is 328 g/mol. The molecule has 0 atom stereocenters. The molecule has 0 unspecified atom stereocenters. The van der Waals surface area contributed by atoms with E-state index in [0.717, 1.165) is 5.92 Å². The molecule has 0 amide bonds. The van der Waals surface area contributed by atoms with E-state index in [4.69, 9.17) is 4.74 Å². The summed E-state index contributed by atoms with van der Waals surface area (Å²) >= 11 is 0. The lowest BCUT2D eigenvalue weighted by atomic mass is 9.67. The van der Waals surface area contributed by atoms with Crippen LogP contribution in [0.15, 0.2) is 24.3 Å². The highest BCUT2D eigenvalue weighted by Gasteiger charge is 2.40. The van der Waals surface area contributed by atoms with Gasteiger partial charge in [-0.05, 0) is 87.2 Å². The second kappa shape index (κ2) is 7.54. The summed E-state index contributed by atoms with van der Waals surface area (Å²) in [6, 6.07) is 9.05. The lowest BCUT2D eigenvalue weighted by Gasteiger charge is -2.46. The van der Waals surface area contributed by atoms with E-state index in [-0.39, 0.29) is 16.6 Å². The number of hydrogen-bond acceptors (Lipinski definition) is 1. The third-order valence-corrected chi connectivity index (χ3v) is 6.90. The minimum absolute atomic E-state index is 0.102. The second-order valence-electron chi connectivity index (χ2n) is 12.0. The van der Waals surface area contributed by atoms with Crippen molar-refractivity contribution in [2.24, 2.45) is 17.3 Å². The van der Waals surface area contributed by atoms with Gasteiger partial charge in [-0.1, -0.05) is 65.8 Å². The molecule has 1 aliphatic rings. The molecule has 0 bridgehead atoms. The average molecular weight is 373 g/mol. The summed E-state index contributed by atoms with van der Waals surface area (Å²) in [5, 5.41) is 0. The van der Waals surface area contributed by atoms with E-state index >= 15 is 0 Å². The monoisotopic (exact) mass is 372 g/mol. The van der Waals surface area contributed by atoms with Crippen LogP contribution in [-0.2, 0) is 15.8 Å². The average Bonchev–Trinajstić information content (AvgIpc) is 2.52. The first-order valence-electron chi connectivity index (χ1n) is 10.9.